The van der Waals surface area contributed by atoms with E-state index < -0.39 is 0 Å². The van der Waals surface area contributed by atoms with Gasteiger partial charge in [-0.05, 0) is 77.7 Å². The number of carbonyl (C=O) groups excluding carboxylic acids is 1. The average Bonchev–Trinajstić information content (AvgIpc) is 3.04. The Bertz CT molecular complexity index is 585. The zero-order chi connectivity index (χ0) is 33.2. The predicted molar refractivity (Wildman–Crippen MR) is 203 cm³/mol. The Kier molecular flexibility index (Phi) is 46.1. The van der Waals surface area contributed by atoms with E-state index in [1.54, 1.807) is 0 Å². The van der Waals surface area contributed by atoms with E-state index in [9.17, 15) is 4.79 Å². The van der Waals surface area contributed by atoms with Gasteiger partial charge in [0.05, 0.1) is 6.61 Å². The largest absolute Gasteiger partial charge is 0.466 e. The summed E-state index contributed by atoms with van der Waals surface area (Å²) in [5.41, 5.74) is 5.50. The minimum absolute atomic E-state index is 0.0415. The SMILES string of the molecule is CCCCCCCC/C=C\CCCCCCCC(=O)OCC.CCCCCCCC/C=C\CCCCCCCCCCCCN. The Morgan fingerprint density at radius 1 is 0.422 bits per heavy atom. The number of unbranched alkanes of at least 4 members (excludes halogenated alkanes) is 27. The van der Waals surface area contributed by atoms with Gasteiger partial charge in [0.15, 0.2) is 0 Å². The molecule has 0 unspecified atom stereocenters. The molecule has 0 saturated carbocycles. The van der Waals surface area contributed by atoms with E-state index in [1.807, 2.05) is 6.92 Å². The molecule has 0 heterocycles. The lowest BCUT2D eigenvalue weighted by atomic mass is 10.1. The number of allylic oxidation sites excluding steroid dienone is 4. The Morgan fingerprint density at radius 3 is 1.02 bits per heavy atom. The van der Waals surface area contributed by atoms with Gasteiger partial charge in [-0.1, -0.05) is 173 Å². The number of nitrogens with two attached hydrogens (primary N) is 1. The summed E-state index contributed by atoms with van der Waals surface area (Å²) >= 11 is 0. The third-order valence-electron chi connectivity index (χ3n) is 8.66. The monoisotopic (exact) mass is 634 g/mol. The quantitative estimate of drug-likeness (QED) is 0.0429. The molecule has 0 fully saturated rings. The molecular formula is C42H83NO2. The lowest BCUT2D eigenvalue weighted by molar-refractivity contribution is -0.143. The van der Waals surface area contributed by atoms with E-state index in [1.165, 1.54) is 186 Å². The first-order chi connectivity index (χ1) is 22.2. The van der Waals surface area contributed by atoms with Gasteiger partial charge in [-0.3, -0.25) is 4.79 Å². The Hall–Kier alpha value is -1.09. The molecule has 0 rings (SSSR count). The molecule has 2 N–H and O–H groups in total. The summed E-state index contributed by atoms with van der Waals surface area (Å²) in [4.78, 5) is 11.1. The predicted octanol–water partition coefficient (Wildman–Crippen LogP) is 14.1. The van der Waals surface area contributed by atoms with Crippen LogP contribution < -0.4 is 5.73 Å². The molecule has 0 aromatic rings. The molecule has 0 radical (unpaired) electrons. The van der Waals surface area contributed by atoms with E-state index >= 15 is 0 Å². The number of hydrogen-bond acceptors (Lipinski definition) is 3. The highest BCUT2D eigenvalue weighted by molar-refractivity contribution is 5.69. The van der Waals surface area contributed by atoms with Crippen LogP contribution in [0.3, 0.4) is 0 Å². The van der Waals surface area contributed by atoms with Crippen LogP contribution in [0.15, 0.2) is 24.3 Å². The maximum atomic E-state index is 11.1. The number of esters is 1. The van der Waals surface area contributed by atoms with Crippen LogP contribution in [0.25, 0.3) is 0 Å². The second kappa shape index (κ2) is 45.0. The summed E-state index contributed by atoms with van der Waals surface area (Å²) in [7, 11) is 0. The number of hydrogen-bond donors (Lipinski definition) is 1. The van der Waals surface area contributed by atoms with Crippen molar-refractivity contribution in [2.75, 3.05) is 13.2 Å². The van der Waals surface area contributed by atoms with Gasteiger partial charge >= 0.3 is 5.97 Å². The highest BCUT2D eigenvalue weighted by Crippen LogP contribution is 2.13. The van der Waals surface area contributed by atoms with Crippen LogP contribution in [0.2, 0.25) is 0 Å². The van der Waals surface area contributed by atoms with Gasteiger partial charge in [0.2, 0.25) is 0 Å². The summed E-state index contributed by atoms with van der Waals surface area (Å²) in [6.45, 7) is 7.78. The second-order valence-electron chi connectivity index (χ2n) is 13.3. The van der Waals surface area contributed by atoms with Crippen LogP contribution in [0.4, 0.5) is 0 Å². The number of rotatable bonds is 35. The molecular weight excluding hydrogens is 550 g/mol. The molecule has 0 atom stereocenters. The Balaban J connectivity index is 0. The van der Waals surface area contributed by atoms with Gasteiger partial charge in [0, 0.05) is 6.42 Å². The number of carbonyl (C=O) groups is 1. The second-order valence-corrected chi connectivity index (χ2v) is 13.3. The van der Waals surface area contributed by atoms with Crippen LogP contribution >= 0.6 is 0 Å². The van der Waals surface area contributed by atoms with Crippen molar-refractivity contribution in [3.8, 4) is 0 Å². The first-order valence-corrected chi connectivity index (χ1v) is 20.4. The molecule has 0 spiro atoms. The first kappa shape index (κ1) is 46.0. The van der Waals surface area contributed by atoms with Gasteiger partial charge < -0.3 is 10.5 Å². The molecule has 0 aliphatic rings. The topological polar surface area (TPSA) is 52.3 Å². The summed E-state index contributed by atoms with van der Waals surface area (Å²) in [5.74, 6) is -0.0415. The van der Waals surface area contributed by atoms with Gasteiger partial charge in [0.1, 0.15) is 0 Å². The average molecular weight is 634 g/mol. The highest BCUT2D eigenvalue weighted by Gasteiger charge is 2.00. The minimum Gasteiger partial charge on any atom is -0.466 e. The van der Waals surface area contributed by atoms with Gasteiger partial charge in [0.25, 0.3) is 0 Å². The fourth-order valence-electron chi connectivity index (χ4n) is 5.67. The van der Waals surface area contributed by atoms with Crippen molar-refractivity contribution in [3.63, 3.8) is 0 Å². The van der Waals surface area contributed by atoms with Crippen LogP contribution in [0, 0.1) is 0 Å². The molecule has 0 bridgehead atoms. The standard InChI is InChI=1S/C22H45N.C20H38O2/c1-2-3-4-5-6-7-8-9-10-11-12-13-14-15-16-17-18-19-20-21-22-23;1-3-5-6-7-8-9-10-11-12-13-14-15-16-17-18-19-20(21)22-4-2/h9-10H,2-8,11-23H2,1H3;11-12H,3-10,13-19H2,1-2H3/b10-9-;12-11-. The summed E-state index contributed by atoms with van der Waals surface area (Å²) in [6, 6.07) is 0. The molecule has 0 amide bonds. The zero-order valence-corrected chi connectivity index (χ0v) is 31.2. The van der Waals surface area contributed by atoms with Crippen molar-refractivity contribution in [2.24, 2.45) is 5.73 Å². The van der Waals surface area contributed by atoms with Gasteiger partial charge in [-0.2, -0.15) is 0 Å². The highest BCUT2D eigenvalue weighted by atomic mass is 16.5. The van der Waals surface area contributed by atoms with Crippen molar-refractivity contribution in [3.05, 3.63) is 24.3 Å². The normalized spacial score (nSPS) is 11.4. The van der Waals surface area contributed by atoms with Crippen LogP contribution in [-0.2, 0) is 9.53 Å². The maximum absolute atomic E-state index is 11.1. The molecule has 0 aliphatic carbocycles. The van der Waals surface area contributed by atoms with Crippen molar-refractivity contribution >= 4 is 5.97 Å². The Labute approximate surface area is 284 Å². The molecule has 0 aromatic heterocycles. The molecule has 3 nitrogen and oxygen atoms in total. The third kappa shape index (κ3) is 47.4. The minimum atomic E-state index is -0.0415. The molecule has 45 heavy (non-hydrogen) atoms. The first-order valence-electron chi connectivity index (χ1n) is 20.4. The van der Waals surface area contributed by atoms with E-state index in [-0.39, 0.29) is 5.97 Å². The van der Waals surface area contributed by atoms with Crippen molar-refractivity contribution in [1.29, 1.82) is 0 Å². The fraction of sp³-hybridized carbons (Fsp3) is 0.881. The lowest BCUT2D eigenvalue weighted by Crippen LogP contribution is -2.03. The van der Waals surface area contributed by atoms with Crippen LogP contribution in [-0.4, -0.2) is 19.1 Å². The molecule has 3 heteroatoms. The Morgan fingerprint density at radius 2 is 0.711 bits per heavy atom. The molecule has 0 aliphatic heterocycles. The smallest absolute Gasteiger partial charge is 0.305 e. The van der Waals surface area contributed by atoms with Crippen LogP contribution in [0.1, 0.15) is 226 Å². The maximum Gasteiger partial charge on any atom is 0.305 e. The molecule has 268 valence electrons. The molecule has 0 saturated heterocycles. The van der Waals surface area contributed by atoms with E-state index in [0.29, 0.717) is 13.0 Å². The van der Waals surface area contributed by atoms with Crippen LogP contribution in [0.5, 0.6) is 0 Å². The zero-order valence-electron chi connectivity index (χ0n) is 31.2. The van der Waals surface area contributed by atoms with Gasteiger partial charge in [-0.15, -0.1) is 0 Å². The summed E-state index contributed by atoms with van der Waals surface area (Å²) in [6.07, 6.45) is 51.9. The van der Waals surface area contributed by atoms with Crippen molar-refractivity contribution < 1.29 is 9.53 Å². The van der Waals surface area contributed by atoms with Gasteiger partial charge in [-0.25, -0.2) is 0 Å². The van der Waals surface area contributed by atoms with E-state index in [0.717, 1.165) is 19.4 Å². The summed E-state index contributed by atoms with van der Waals surface area (Å²) in [5, 5.41) is 0. The fourth-order valence-corrected chi connectivity index (χ4v) is 5.67. The summed E-state index contributed by atoms with van der Waals surface area (Å²) < 4.78 is 4.91. The van der Waals surface area contributed by atoms with Crippen molar-refractivity contribution in [1.82, 2.24) is 0 Å². The van der Waals surface area contributed by atoms with E-state index in [4.69, 9.17) is 10.5 Å². The van der Waals surface area contributed by atoms with Crippen molar-refractivity contribution in [2.45, 2.75) is 226 Å². The lowest BCUT2D eigenvalue weighted by Gasteiger charge is -2.01. The molecule has 0 aromatic carbocycles. The van der Waals surface area contributed by atoms with E-state index in [2.05, 4.69) is 38.2 Å². The third-order valence-corrected chi connectivity index (χ3v) is 8.66. The number of ether oxygens (including phenoxy) is 1.